The second-order valence-corrected chi connectivity index (χ2v) is 8.37. The van der Waals surface area contributed by atoms with Gasteiger partial charge in [0.2, 0.25) is 0 Å². The van der Waals surface area contributed by atoms with E-state index in [-0.39, 0.29) is 29.8 Å². The van der Waals surface area contributed by atoms with Crippen LogP contribution in [0, 0.1) is 5.92 Å². The van der Waals surface area contributed by atoms with Crippen LogP contribution in [0.1, 0.15) is 43.6 Å². The lowest BCUT2D eigenvalue weighted by Gasteiger charge is -2.39. The zero-order chi connectivity index (χ0) is 20.8. The smallest absolute Gasteiger partial charge is 0.303 e. The van der Waals surface area contributed by atoms with E-state index in [4.69, 9.17) is 9.47 Å². The molecule has 0 bridgehead atoms. The predicted octanol–water partition coefficient (Wildman–Crippen LogP) is 1.89. The Balaban J connectivity index is 1.50. The Hall–Kier alpha value is -2.52. The van der Waals surface area contributed by atoms with Crippen molar-refractivity contribution >= 4 is 17.7 Å². The summed E-state index contributed by atoms with van der Waals surface area (Å²) >= 11 is 0. The highest BCUT2D eigenvalue weighted by atomic mass is 19.3. The fraction of sp³-hybridized carbons (Fsp3) is 0.684. The van der Waals surface area contributed by atoms with Crippen LogP contribution in [0.15, 0.2) is 6.20 Å². The lowest BCUT2D eigenvalue weighted by Crippen LogP contribution is -2.56. The predicted molar refractivity (Wildman–Crippen MR) is 98.1 cm³/mol. The van der Waals surface area contributed by atoms with Crippen molar-refractivity contribution in [3.8, 4) is 5.88 Å². The fourth-order valence-electron chi connectivity index (χ4n) is 3.62. The van der Waals surface area contributed by atoms with E-state index in [1.807, 2.05) is 0 Å². The van der Waals surface area contributed by atoms with Crippen LogP contribution in [0.4, 0.5) is 14.6 Å². The monoisotopic (exact) mass is 410 g/mol. The Labute approximate surface area is 167 Å². The maximum atomic E-state index is 13.3. The summed E-state index contributed by atoms with van der Waals surface area (Å²) in [5.41, 5.74) is -0.650. The largest absolute Gasteiger partial charge is 0.475 e. The number of amides is 1. The number of alkyl halides is 2. The topological polar surface area (TPSA) is 84.9 Å². The molecule has 3 fully saturated rings. The van der Waals surface area contributed by atoms with Gasteiger partial charge >= 0.3 is 5.97 Å². The van der Waals surface area contributed by atoms with Crippen LogP contribution in [0.3, 0.4) is 0 Å². The number of ether oxygens (including phenoxy) is 2. The summed E-state index contributed by atoms with van der Waals surface area (Å²) in [6.07, 6.45) is 3.94. The molecule has 10 heteroatoms. The lowest BCUT2D eigenvalue weighted by atomic mass is 10.1. The van der Waals surface area contributed by atoms with Crippen molar-refractivity contribution in [2.75, 3.05) is 37.7 Å². The van der Waals surface area contributed by atoms with Crippen molar-refractivity contribution in [1.82, 2.24) is 14.9 Å². The van der Waals surface area contributed by atoms with E-state index in [1.165, 1.54) is 18.0 Å². The van der Waals surface area contributed by atoms with Gasteiger partial charge in [0.1, 0.15) is 5.60 Å². The standard InChI is InChI=1S/C19H24F2N4O4/c1-12(26)29-18(2)5-6-24(9-18)17(27)14-7-22-15(25-10-19(20,21)11-25)16(23-14)28-8-13-3-4-13/h7,13H,3-6,8-11H2,1-2H3. The lowest BCUT2D eigenvalue weighted by molar-refractivity contribution is -0.153. The highest BCUT2D eigenvalue weighted by Gasteiger charge is 2.46. The summed E-state index contributed by atoms with van der Waals surface area (Å²) in [6.45, 7) is 3.34. The average Bonchev–Trinajstić information content (AvgIpc) is 3.37. The second kappa shape index (κ2) is 7.07. The number of hydrogen-bond donors (Lipinski definition) is 0. The van der Waals surface area contributed by atoms with E-state index in [2.05, 4.69) is 9.97 Å². The van der Waals surface area contributed by atoms with Crippen molar-refractivity contribution in [2.45, 2.75) is 44.6 Å². The van der Waals surface area contributed by atoms with Crippen molar-refractivity contribution in [3.05, 3.63) is 11.9 Å². The summed E-state index contributed by atoms with van der Waals surface area (Å²) < 4.78 is 37.6. The number of likely N-dealkylation sites (tertiary alicyclic amines) is 1. The van der Waals surface area contributed by atoms with Crippen LogP contribution in [0.25, 0.3) is 0 Å². The third-order valence-electron chi connectivity index (χ3n) is 5.35. The number of carbonyl (C=O) groups excluding carboxylic acids is 2. The molecule has 29 heavy (non-hydrogen) atoms. The number of anilines is 1. The Bertz CT molecular complexity index is 824. The molecule has 1 aromatic heterocycles. The van der Waals surface area contributed by atoms with Gasteiger partial charge in [0, 0.05) is 19.9 Å². The van der Waals surface area contributed by atoms with Crippen molar-refractivity contribution in [1.29, 1.82) is 0 Å². The van der Waals surface area contributed by atoms with Gasteiger partial charge in [-0.25, -0.2) is 18.7 Å². The van der Waals surface area contributed by atoms with Crippen LogP contribution in [0.5, 0.6) is 5.88 Å². The van der Waals surface area contributed by atoms with Gasteiger partial charge in [-0.2, -0.15) is 0 Å². The summed E-state index contributed by atoms with van der Waals surface area (Å²) in [5.74, 6) is -2.72. The second-order valence-electron chi connectivity index (χ2n) is 8.37. The molecule has 1 amide bonds. The van der Waals surface area contributed by atoms with E-state index in [0.717, 1.165) is 12.8 Å². The number of rotatable bonds is 6. The highest BCUT2D eigenvalue weighted by molar-refractivity contribution is 5.92. The van der Waals surface area contributed by atoms with Crippen molar-refractivity contribution < 1.29 is 27.8 Å². The molecule has 0 aromatic carbocycles. The third kappa shape index (κ3) is 4.40. The number of esters is 1. The molecule has 2 aliphatic heterocycles. The van der Waals surface area contributed by atoms with Gasteiger partial charge in [-0.3, -0.25) is 9.59 Å². The molecule has 1 atom stereocenters. The summed E-state index contributed by atoms with van der Waals surface area (Å²) in [5, 5.41) is 0. The average molecular weight is 410 g/mol. The number of aromatic nitrogens is 2. The van der Waals surface area contributed by atoms with E-state index < -0.39 is 30.6 Å². The third-order valence-corrected chi connectivity index (χ3v) is 5.35. The van der Waals surface area contributed by atoms with E-state index >= 15 is 0 Å². The molecule has 2 saturated heterocycles. The Kier molecular flexibility index (Phi) is 4.82. The van der Waals surface area contributed by atoms with Crippen LogP contribution in [-0.4, -0.2) is 71.1 Å². The van der Waals surface area contributed by atoms with Gasteiger partial charge in [-0.15, -0.1) is 0 Å². The maximum absolute atomic E-state index is 13.3. The molecule has 0 radical (unpaired) electrons. The fourth-order valence-corrected chi connectivity index (χ4v) is 3.62. The van der Waals surface area contributed by atoms with Gasteiger partial charge in [0.05, 0.1) is 32.4 Å². The molecule has 0 N–H and O–H groups in total. The quantitative estimate of drug-likeness (QED) is 0.662. The van der Waals surface area contributed by atoms with E-state index in [1.54, 1.807) is 11.8 Å². The van der Waals surface area contributed by atoms with Gasteiger partial charge < -0.3 is 19.3 Å². The summed E-state index contributed by atoms with van der Waals surface area (Å²) in [7, 11) is 0. The zero-order valence-electron chi connectivity index (χ0n) is 16.5. The maximum Gasteiger partial charge on any atom is 0.303 e. The molecule has 3 heterocycles. The van der Waals surface area contributed by atoms with Gasteiger partial charge in [0.25, 0.3) is 17.7 Å². The molecule has 1 saturated carbocycles. The molecule has 0 spiro atoms. The van der Waals surface area contributed by atoms with E-state index in [9.17, 15) is 18.4 Å². The molecule has 158 valence electrons. The molecular formula is C19H24F2N4O4. The van der Waals surface area contributed by atoms with Crippen molar-refractivity contribution in [2.24, 2.45) is 5.92 Å². The van der Waals surface area contributed by atoms with Gasteiger partial charge in [0.15, 0.2) is 11.5 Å². The summed E-state index contributed by atoms with van der Waals surface area (Å²) in [4.78, 5) is 35.6. The molecule has 4 rings (SSSR count). The molecule has 1 unspecified atom stereocenters. The first-order chi connectivity index (χ1) is 13.6. The number of hydrogen-bond acceptors (Lipinski definition) is 7. The number of nitrogens with zero attached hydrogens (tertiary/aromatic N) is 4. The SMILES string of the molecule is CC(=O)OC1(C)CCN(C(=O)c2cnc(N3CC(F)(F)C3)c(OCC3CC3)n2)C1. The Morgan fingerprint density at radius 3 is 2.62 bits per heavy atom. The highest BCUT2D eigenvalue weighted by Crippen LogP contribution is 2.37. The Morgan fingerprint density at radius 2 is 2.00 bits per heavy atom. The van der Waals surface area contributed by atoms with Crippen LogP contribution in [0.2, 0.25) is 0 Å². The van der Waals surface area contributed by atoms with Gasteiger partial charge in [-0.1, -0.05) is 0 Å². The van der Waals surface area contributed by atoms with Crippen LogP contribution < -0.4 is 9.64 Å². The molecule has 1 aliphatic carbocycles. The van der Waals surface area contributed by atoms with E-state index in [0.29, 0.717) is 25.5 Å². The number of carbonyl (C=O) groups is 2. The van der Waals surface area contributed by atoms with Crippen molar-refractivity contribution in [3.63, 3.8) is 0 Å². The molecule has 1 aromatic rings. The minimum Gasteiger partial charge on any atom is -0.475 e. The minimum atomic E-state index is -2.75. The summed E-state index contributed by atoms with van der Waals surface area (Å²) in [6, 6.07) is 0. The molecule has 3 aliphatic rings. The first kappa shape index (κ1) is 19.8. The van der Waals surface area contributed by atoms with Crippen LogP contribution >= 0.6 is 0 Å². The first-order valence-corrected chi connectivity index (χ1v) is 9.76. The van der Waals surface area contributed by atoms with Crippen LogP contribution in [-0.2, 0) is 9.53 Å². The van der Waals surface area contributed by atoms with Gasteiger partial charge in [-0.05, 0) is 25.7 Å². The first-order valence-electron chi connectivity index (χ1n) is 9.76. The zero-order valence-corrected chi connectivity index (χ0v) is 16.5. The number of halogens is 2. The minimum absolute atomic E-state index is 0.0823. The molecular weight excluding hydrogens is 386 g/mol. The molecule has 8 nitrogen and oxygen atoms in total. The normalized spacial score (nSPS) is 25.5. The Morgan fingerprint density at radius 1 is 1.28 bits per heavy atom.